The number of hydrogen-bond acceptors (Lipinski definition) is 2. The van der Waals surface area contributed by atoms with Gasteiger partial charge in [-0.25, -0.2) is 4.39 Å². The molecule has 0 spiro atoms. The fourth-order valence-corrected chi connectivity index (χ4v) is 1.96. The predicted molar refractivity (Wildman–Crippen MR) is 69.7 cm³/mol. The molecule has 0 amide bonds. The molecule has 0 fully saturated rings. The average Bonchev–Trinajstić information content (AvgIpc) is 2.75. The van der Waals surface area contributed by atoms with Crippen LogP contribution in [0.15, 0.2) is 36.5 Å². The third kappa shape index (κ3) is 3.17. The third-order valence-corrected chi connectivity index (χ3v) is 3.10. The Bertz CT molecular complexity index is 507. The van der Waals surface area contributed by atoms with Crippen molar-refractivity contribution in [3.8, 4) is 0 Å². The molecule has 96 valence electrons. The summed E-state index contributed by atoms with van der Waals surface area (Å²) in [7, 11) is 1.94. The number of nitrogens with zero attached hydrogens (tertiary/aromatic N) is 2. The molecule has 0 aliphatic rings. The largest absolute Gasteiger partial charge is 0.310 e. The summed E-state index contributed by atoms with van der Waals surface area (Å²) in [6, 6.07) is 8.87. The Morgan fingerprint density at radius 3 is 2.89 bits per heavy atom. The van der Waals surface area contributed by atoms with Crippen LogP contribution in [0.25, 0.3) is 0 Å². The van der Waals surface area contributed by atoms with E-state index in [1.54, 1.807) is 18.3 Å². The molecule has 0 aliphatic carbocycles. The Morgan fingerprint density at radius 1 is 1.39 bits per heavy atom. The SMILES string of the molecule is C[C@H](NCCc1ccnn1C)c1cccc(F)c1. The molecule has 3 nitrogen and oxygen atoms in total. The average molecular weight is 247 g/mol. The quantitative estimate of drug-likeness (QED) is 0.879. The Labute approximate surface area is 107 Å². The summed E-state index contributed by atoms with van der Waals surface area (Å²) in [6.07, 6.45) is 2.71. The third-order valence-electron chi connectivity index (χ3n) is 3.10. The Kier molecular flexibility index (Phi) is 4.10. The molecule has 2 aromatic rings. The molecule has 1 aromatic carbocycles. The Balaban J connectivity index is 1.85. The van der Waals surface area contributed by atoms with Crippen LogP contribution in [0.3, 0.4) is 0 Å². The summed E-state index contributed by atoms with van der Waals surface area (Å²) in [5.41, 5.74) is 2.16. The lowest BCUT2D eigenvalue weighted by molar-refractivity contribution is 0.557. The van der Waals surface area contributed by atoms with Crippen molar-refractivity contribution in [2.45, 2.75) is 19.4 Å². The highest BCUT2D eigenvalue weighted by Crippen LogP contribution is 2.13. The van der Waals surface area contributed by atoms with Gasteiger partial charge >= 0.3 is 0 Å². The molecule has 1 atom stereocenters. The second kappa shape index (κ2) is 5.78. The van der Waals surface area contributed by atoms with Gasteiger partial charge in [0.25, 0.3) is 0 Å². The maximum absolute atomic E-state index is 13.1. The van der Waals surface area contributed by atoms with Gasteiger partial charge in [-0.05, 0) is 30.7 Å². The highest BCUT2D eigenvalue weighted by atomic mass is 19.1. The monoisotopic (exact) mass is 247 g/mol. The molecule has 0 saturated heterocycles. The fraction of sp³-hybridized carbons (Fsp3) is 0.357. The molecule has 0 saturated carbocycles. The van der Waals surface area contributed by atoms with Crippen LogP contribution in [-0.2, 0) is 13.5 Å². The van der Waals surface area contributed by atoms with Crippen molar-refractivity contribution in [2.24, 2.45) is 7.05 Å². The van der Waals surface area contributed by atoms with E-state index in [-0.39, 0.29) is 11.9 Å². The van der Waals surface area contributed by atoms with Crippen molar-refractivity contribution in [3.05, 3.63) is 53.6 Å². The number of nitrogens with one attached hydrogen (secondary N) is 1. The van der Waals surface area contributed by atoms with Crippen LogP contribution in [0.5, 0.6) is 0 Å². The van der Waals surface area contributed by atoms with Crippen LogP contribution in [0.4, 0.5) is 4.39 Å². The summed E-state index contributed by atoms with van der Waals surface area (Å²) in [6.45, 7) is 2.88. The number of aryl methyl sites for hydroxylation is 1. The van der Waals surface area contributed by atoms with Gasteiger partial charge in [0.15, 0.2) is 0 Å². The zero-order chi connectivity index (χ0) is 13.0. The van der Waals surface area contributed by atoms with Crippen molar-refractivity contribution in [3.63, 3.8) is 0 Å². The van der Waals surface area contributed by atoms with E-state index in [4.69, 9.17) is 0 Å². The predicted octanol–water partition coefficient (Wildman–Crippen LogP) is 2.45. The number of aromatic nitrogens is 2. The minimum absolute atomic E-state index is 0.147. The first-order valence-electron chi connectivity index (χ1n) is 6.12. The van der Waals surface area contributed by atoms with Crippen LogP contribution in [0.1, 0.15) is 24.2 Å². The number of benzene rings is 1. The Hall–Kier alpha value is -1.68. The van der Waals surface area contributed by atoms with E-state index in [2.05, 4.69) is 10.4 Å². The van der Waals surface area contributed by atoms with Crippen molar-refractivity contribution in [1.82, 2.24) is 15.1 Å². The number of rotatable bonds is 5. The van der Waals surface area contributed by atoms with E-state index in [9.17, 15) is 4.39 Å². The molecule has 0 bridgehead atoms. The van der Waals surface area contributed by atoms with E-state index >= 15 is 0 Å². The van der Waals surface area contributed by atoms with Crippen LogP contribution >= 0.6 is 0 Å². The van der Waals surface area contributed by atoms with Gasteiger partial charge in [-0.15, -0.1) is 0 Å². The first-order chi connectivity index (χ1) is 8.66. The Morgan fingerprint density at radius 2 is 2.22 bits per heavy atom. The maximum atomic E-state index is 13.1. The zero-order valence-corrected chi connectivity index (χ0v) is 10.7. The molecule has 1 heterocycles. The van der Waals surface area contributed by atoms with Crippen molar-refractivity contribution < 1.29 is 4.39 Å². The van der Waals surface area contributed by atoms with E-state index in [0.717, 1.165) is 18.5 Å². The van der Waals surface area contributed by atoms with Gasteiger partial charge in [-0.2, -0.15) is 5.10 Å². The highest BCUT2D eigenvalue weighted by molar-refractivity contribution is 5.19. The number of halogens is 1. The second-order valence-electron chi connectivity index (χ2n) is 4.43. The van der Waals surface area contributed by atoms with Crippen LogP contribution < -0.4 is 5.32 Å². The van der Waals surface area contributed by atoms with E-state index in [1.807, 2.05) is 30.8 Å². The highest BCUT2D eigenvalue weighted by Gasteiger charge is 2.06. The van der Waals surface area contributed by atoms with Gasteiger partial charge in [0.05, 0.1) is 0 Å². The molecular weight excluding hydrogens is 229 g/mol. The van der Waals surface area contributed by atoms with Crippen LogP contribution in [-0.4, -0.2) is 16.3 Å². The first kappa shape index (κ1) is 12.8. The van der Waals surface area contributed by atoms with Crippen molar-refractivity contribution in [2.75, 3.05) is 6.54 Å². The standard InChI is InChI=1S/C14H18FN3/c1-11(12-4-3-5-13(15)10-12)16-8-6-14-7-9-17-18(14)2/h3-5,7,9-11,16H,6,8H2,1-2H3/t11-/m0/s1. The number of hydrogen-bond donors (Lipinski definition) is 1. The summed E-state index contributed by atoms with van der Waals surface area (Å²) in [5, 5.41) is 7.51. The summed E-state index contributed by atoms with van der Waals surface area (Å²) in [4.78, 5) is 0. The van der Waals surface area contributed by atoms with Gasteiger partial charge in [0, 0.05) is 37.9 Å². The molecule has 0 aliphatic heterocycles. The summed E-state index contributed by atoms with van der Waals surface area (Å²) in [5.74, 6) is -0.187. The lowest BCUT2D eigenvalue weighted by Gasteiger charge is -2.14. The molecule has 0 unspecified atom stereocenters. The van der Waals surface area contributed by atoms with Gasteiger partial charge < -0.3 is 5.32 Å². The van der Waals surface area contributed by atoms with Gasteiger partial charge in [-0.3, -0.25) is 4.68 Å². The normalized spacial score (nSPS) is 12.6. The topological polar surface area (TPSA) is 29.9 Å². The molecular formula is C14H18FN3. The molecule has 1 N–H and O–H groups in total. The van der Waals surface area contributed by atoms with E-state index < -0.39 is 0 Å². The maximum Gasteiger partial charge on any atom is 0.123 e. The van der Waals surface area contributed by atoms with Gasteiger partial charge in [0.1, 0.15) is 5.82 Å². The zero-order valence-electron chi connectivity index (χ0n) is 10.7. The lowest BCUT2D eigenvalue weighted by atomic mass is 10.1. The summed E-state index contributed by atoms with van der Waals surface area (Å²) < 4.78 is 15.0. The van der Waals surface area contributed by atoms with Crippen molar-refractivity contribution in [1.29, 1.82) is 0 Å². The van der Waals surface area contributed by atoms with Gasteiger partial charge in [0.2, 0.25) is 0 Å². The summed E-state index contributed by atoms with van der Waals surface area (Å²) >= 11 is 0. The van der Waals surface area contributed by atoms with Crippen molar-refractivity contribution >= 4 is 0 Å². The van der Waals surface area contributed by atoms with Crippen LogP contribution in [0.2, 0.25) is 0 Å². The smallest absolute Gasteiger partial charge is 0.123 e. The molecule has 2 rings (SSSR count). The molecule has 1 aromatic heterocycles. The lowest BCUT2D eigenvalue weighted by Crippen LogP contribution is -2.22. The molecule has 4 heteroatoms. The minimum Gasteiger partial charge on any atom is -0.310 e. The van der Waals surface area contributed by atoms with Crippen LogP contribution in [0, 0.1) is 5.82 Å². The second-order valence-corrected chi connectivity index (χ2v) is 4.43. The van der Waals surface area contributed by atoms with Gasteiger partial charge in [-0.1, -0.05) is 12.1 Å². The fourth-order valence-electron chi connectivity index (χ4n) is 1.96. The van der Waals surface area contributed by atoms with E-state index in [0.29, 0.717) is 0 Å². The van der Waals surface area contributed by atoms with E-state index in [1.165, 1.54) is 11.8 Å². The molecule has 18 heavy (non-hydrogen) atoms. The molecule has 0 radical (unpaired) electrons. The minimum atomic E-state index is -0.187. The first-order valence-corrected chi connectivity index (χ1v) is 6.12.